The highest BCUT2D eigenvalue weighted by Gasteiger charge is 2.57. The zero-order valence-electron chi connectivity index (χ0n) is 24.7. The lowest BCUT2D eigenvalue weighted by molar-refractivity contribution is -0.185. The molecule has 1 saturated heterocycles. The van der Waals surface area contributed by atoms with E-state index in [4.69, 9.17) is 37.9 Å². The molecule has 0 saturated carbocycles. The second-order valence-corrected chi connectivity index (χ2v) is 9.40. The molecule has 0 aromatic heterocycles. The van der Waals surface area contributed by atoms with Crippen molar-refractivity contribution >= 4 is 30.2 Å². The third-order valence-corrected chi connectivity index (χ3v) is 6.15. The first kappa shape index (κ1) is 33.8. The van der Waals surface area contributed by atoms with Crippen molar-refractivity contribution in [1.29, 1.82) is 0 Å². The minimum absolute atomic E-state index is 0.114. The maximum atomic E-state index is 13.2. The van der Waals surface area contributed by atoms with E-state index in [0.717, 1.165) is 13.8 Å². The normalized spacial score (nSPS) is 20.4. The summed E-state index contributed by atoms with van der Waals surface area (Å²) in [5, 5.41) is 2.35. The number of ether oxygens (including phenoxy) is 8. The smallest absolute Gasteiger partial charge is 0.464 e. The Morgan fingerprint density at radius 2 is 1.34 bits per heavy atom. The Balaban J connectivity index is 1.95. The Bertz CT molecular complexity index is 1260. The van der Waals surface area contributed by atoms with Gasteiger partial charge in [0.1, 0.15) is 19.3 Å². The summed E-state index contributed by atoms with van der Waals surface area (Å²) >= 11 is 0. The van der Waals surface area contributed by atoms with Crippen molar-refractivity contribution in [2.75, 3.05) is 13.7 Å². The predicted octanol–water partition coefficient (Wildman–Crippen LogP) is 2.80. The predicted molar refractivity (Wildman–Crippen MR) is 148 cm³/mol. The van der Waals surface area contributed by atoms with Crippen LogP contribution >= 0.6 is 0 Å². The van der Waals surface area contributed by atoms with Gasteiger partial charge in [0, 0.05) is 21.0 Å². The SMILES string of the molecule is CCOC(=O)[C@@H](NC(=O)OCc1ccccc1)[C@@H](OC(=O)OCc1ccccc1)[C@H]1O[C@@H](OC)[C@@H](OC(C)=O)[C@H]1OC(C)=O. The lowest BCUT2D eigenvalue weighted by Gasteiger charge is -2.32. The Morgan fingerprint density at radius 3 is 1.86 bits per heavy atom. The zero-order chi connectivity index (χ0) is 32.1. The molecular weight excluding hydrogens is 582 g/mol. The van der Waals surface area contributed by atoms with Gasteiger partial charge < -0.3 is 43.2 Å². The molecule has 1 fully saturated rings. The fraction of sp³-hybridized carbons (Fsp3) is 0.433. The van der Waals surface area contributed by atoms with Gasteiger partial charge in [-0.2, -0.15) is 0 Å². The summed E-state index contributed by atoms with van der Waals surface area (Å²) in [6, 6.07) is 15.6. The van der Waals surface area contributed by atoms with E-state index < -0.39 is 66.9 Å². The second-order valence-electron chi connectivity index (χ2n) is 9.40. The van der Waals surface area contributed by atoms with E-state index in [0.29, 0.717) is 11.1 Å². The van der Waals surface area contributed by atoms with Crippen molar-refractivity contribution in [2.24, 2.45) is 0 Å². The van der Waals surface area contributed by atoms with Crippen LogP contribution in [0.2, 0.25) is 0 Å². The molecule has 44 heavy (non-hydrogen) atoms. The van der Waals surface area contributed by atoms with E-state index in [-0.39, 0.29) is 19.8 Å². The Labute approximate surface area is 253 Å². The minimum atomic E-state index is -1.78. The third-order valence-electron chi connectivity index (χ3n) is 6.15. The van der Waals surface area contributed by atoms with E-state index in [1.54, 1.807) is 60.7 Å². The molecule has 0 unspecified atom stereocenters. The van der Waals surface area contributed by atoms with Gasteiger partial charge in [-0.25, -0.2) is 14.4 Å². The standard InChI is InChI=1S/C30H35NO13/c1-5-38-27(34)22(31-29(35)39-16-20-12-8-6-9-13-20)23(44-30(36)40-17-21-14-10-7-11-15-21)24-25(41-18(2)32)26(42-19(3)33)28(37-4)43-24/h6-15,22-26,28H,5,16-17H2,1-4H3,(H,31,35)/t22-,23+,24+,25-,26-,28+/m0/s1. The van der Waals surface area contributed by atoms with Crippen LogP contribution in [0.4, 0.5) is 9.59 Å². The van der Waals surface area contributed by atoms with Gasteiger partial charge in [0.15, 0.2) is 30.6 Å². The van der Waals surface area contributed by atoms with E-state index >= 15 is 0 Å². The number of methoxy groups -OCH3 is 1. The van der Waals surface area contributed by atoms with Crippen molar-refractivity contribution in [1.82, 2.24) is 5.32 Å². The number of nitrogens with one attached hydrogen (secondary N) is 1. The van der Waals surface area contributed by atoms with Crippen LogP contribution in [0.5, 0.6) is 0 Å². The van der Waals surface area contributed by atoms with Crippen LogP contribution in [0.15, 0.2) is 60.7 Å². The van der Waals surface area contributed by atoms with E-state index in [2.05, 4.69) is 5.32 Å². The molecule has 0 radical (unpaired) electrons. The van der Waals surface area contributed by atoms with E-state index in [1.807, 2.05) is 0 Å². The summed E-state index contributed by atoms with van der Waals surface area (Å²) in [6.45, 7) is 3.27. The third kappa shape index (κ3) is 9.95. The highest BCUT2D eigenvalue weighted by molar-refractivity contribution is 5.82. The van der Waals surface area contributed by atoms with Crippen LogP contribution in [-0.2, 0) is 65.5 Å². The summed E-state index contributed by atoms with van der Waals surface area (Å²) in [7, 11) is 1.24. The molecule has 1 aliphatic rings. The Hall–Kier alpha value is -4.69. The molecule has 3 rings (SSSR count). The van der Waals surface area contributed by atoms with Gasteiger partial charge in [-0.05, 0) is 18.1 Å². The van der Waals surface area contributed by atoms with Gasteiger partial charge in [0.2, 0.25) is 0 Å². The van der Waals surface area contributed by atoms with Gasteiger partial charge in [-0.3, -0.25) is 9.59 Å². The number of alkyl carbamates (subject to hydrolysis) is 1. The molecule has 0 aliphatic carbocycles. The molecule has 0 spiro atoms. The Kier molecular flexibility index (Phi) is 12.9. The fourth-order valence-electron chi connectivity index (χ4n) is 4.33. The quantitative estimate of drug-likeness (QED) is 0.257. The fourth-order valence-corrected chi connectivity index (χ4v) is 4.33. The first-order chi connectivity index (χ1) is 21.1. The minimum Gasteiger partial charge on any atom is -0.464 e. The number of esters is 3. The molecule has 1 aliphatic heterocycles. The number of carbonyl (C=O) groups is 5. The zero-order valence-corrected chi connectivity index (χ0v) is 24.7. The van der Waals surface area contributed by atoms with Gasteiger partial charge >= 0.3 is 30.2 Å². The van der Waals surface area contributed by atoms with E-state index in [1.165, 1.54) is 14.0 Å². The molecule has 14 nitrogen and oxygen atoms in total. The first-order valence-electron chi connectivity index (χ1n) is 13.7. The number of amides is 1. The van der Waals surface area contributed by atoms with Crippen LogP contribution < -0.4 is 5.32 Å². The summed E-state index contributed by atoms with van der Waals surface area (Å²) in [5.41, 5.74) is 1.30. The molecule has 1 heterocycles. The highest BCUT2D eigenvalue weighted by atomic mass is 16.8. The lowest BCUT2D eigenvalue weighted by Crippen LogP contribution is -2.58. The van der Waals surface area contributed by atoms with Crippen molar-refractivity contribution in [3.05, 3.63) is 71.8 Å². The molecule has 2 aromatic carbocycles. The van der Waals surface area contributed by atoms with Crippen molar-refractivity contribution in [3.8, 4) is 0 Å². The van der Waals surface area contributed by atoms with Crippen molar-refractivity contribution < 1.29 is 61.9 Å². The number of hydrogen-bond acceptors (Lipinski definition) is 13. The number of rotatable bonds is 13. The van der Waals surface area contributed by atoms with Crippen LogP contribution in [0, 0.1) is 0 Å². The van der Waals surface area contributed by atoms with Crippen LogP contribution in [0.25, 0.3) is 0 Å². The van der Waals surface area contributed by atoms with Gasteiger partial charge in [0.05, 0.1) is 6.61 Å². The molecule has 14 heteroatoms. The summed E-state index contributed by atoms with van der Waals surface area (Å²) in [5.74, 6) is -2.62. The molecule has 1 amide bonds. The average Bonchev–Trinajstić information content (AvgIpc) is 3.33. The van der Waals surface area contributed by atoms with Crippen LogP contribution in [0.3, 0.4) is 0 Å². The van der Waals surface area contributed by atoms with Crippen LogP contribution in [-0.4, -0.2) is 80.6 Å². The van der Waals surface area contributed by atoms with Gasteiger partial charge in [-0.1, -0.05) is 60.7 Å². The number of hydrogen-bond donors (Lipinski definition) is 1. The lowest BCUT2D eigenvalue weighted by atomic mass is 9.99. The molecule has 6 atom stereocenters. The molecule has 1 N–H and O–H groups in total. The molecule has 2 aromatic rings. The van der Waals surface area contributed by atoms with Gasteiger partial charge in [0.25, 0.3) is 0 Å². The number of carbonyl (C=O) groups excluding carboxylic acids is 5. The highest BCUT2D eigenvalue weighted by Crippen LogP contribution is 2.32. The maximum absolute atomic E-state index is 13.2. The first-order valence-corrected chi connectivity index (χ1v) is 13.7. The van der Waals surface area contributed by atoms with Crippen molar-refractivity contribution in [2.45, 2.75) is 70.7 Å². The monoisotopic (exact) mass is 617 g/mol. The average molecular weight is 618 g/mol. The summed E-state index contributed by atoms with van der Waals surface area (Å²) in [6.07, 6.45) is -9.78. The Morgan fingerprint density at radius 1 is 0.795 bits per heavy atom. The number of benzene rings is 2. The van der Waals surface area contributed by atoms with Crippen LogP contribution in [0.1, 0.15) is 31.9 Å². The van der Waals surface area contributed by atoms with E-state index in [9.17, 15) is 24.0 Å². The second kappa shape index (κ2) is 16.8. The van der Waals surface area contributed by atoms with Gasteiger partial charge in [-0.15, -0.1) is 0 Å². The molecular formula is C30H35NO13. The maximum Gasteiger partial charge on any atom is 0.509 e. The summed E-state index contributed by atoms with van der Waals surface area (Å²) < 4.78 is 43.1. The van der Waals surface area contributed by atoms with Crippen molar-refractivity contribution in [3.63, 3.8) is 0 Å². The topological polar surface area (TPSA) is 171 Å². The molecule has 0 bridgehead atoms. The molecule has 238 valence electrons. The largest absolute Gasteiger partial charge is 0.509 e. The summed E-state index contributed by atoms with van der Waals surface area (Å²) in [4.78, 5) is 63.1.